The van der Waals surface area contributed by atoms with E-state index in [0.717, 1.165) is 36.8 Å². The lowest BCUT2D eigenvalue weighted by molar-refractivity contribution is -0.126. The van der Waals surface area contributed by atoms with Crippen LogP contribution in [0.1, 0.15) is 60.5 Å². The number of hydrogen-bond donors (Lipinski definition) is 2. The zero-order valence-electron chi connectivity index (χ0n) is 13.0. The lowest BCUT2D eigenvalue weighted by atomic mass is 9.75. The van der Waals surface area contributed by atoms with Gasteiger partial charge in [0.15, 0.2) is 0 Å². The number of carboxylic acid groups (broad SMARTS) is 1. The minimum Gasteiger partial charge on any atom is -0.478 e. The molecule has 1 amide bonds. The Labute approximate surface area is 125 Å². The molecule has 1 aliphatic rings. The van der Waals surface area contributed by atoms with Crippen LogP contribution in [-0.2, 0) is 4.79 Å². The fraction of sp³-hybridized carbons (Fsp3) is 0.529. The molecular formula is C17H23NO3. The highest BCUT2D eigenvalue weighted by atomic mass is 16.4. The van der Waals surface area contributed by atoms with Crippen LogP contribution in [-0.4, -0.2) is 17.0 Å². The summed E-state index contributed by atoms with van der Waals surface area (Å²) in [6, 6.07) is 3.39. The van der Waals surface area contributed by atoms with Crippen LogP contribution in [0.4, 0.5) is 5.69 Å². The molecule has 4 heteroatoms. The molecule has 1 aromatic carbocycles. The predicted molar refractivity (Wildman–Crippen MR) is 82.7 cm³/mol. The van der Waals surface area contributed by atoms with Crippen LogP contribution in [0.25, 0.3) is 0 Å². The third-order valence-electron chi connectivity index (χ3n) is 4.66. The largest absolute Gasteiger partial charge is 0.478 e. The van der Waals surface area contributed by atoms with Crippen LogP contribution in [0.3, 0.4) is 0 Å². The smallest absolute Gasteiger partial charge is 0.336 e. The highest BCUT2D eigenvalue weighted by Gasteiger charge is 2.34. The molecule has 0 atom stereocenters. The van der Waals surface area contributed by atoms with Gasteiger partial charge in [0.2, 0.25) is 5.91 Å². The summed E-state index contributed by atoms with van der Waals surface area (Å²) in [5.74, 6) is -0.961. The molecule has 0 saturated heterocycles. The number of carbonyl (C=O) groups is 2. The second kappa shape index (κ2) is 5.88. The molecular weight excluding hydrogens is 266 g/mol. The van der Waals surface area contributed by atoms with Gasteiger partial charge in [0, 0.05) is 11.1 Å². The minimum atomic E-state index is -0.962. The molecule has 4 nitrogen and oxygen atoms in total. The molecule has 0 spiro atoms. The van der Waals surface area contributed by atoms with Crippen LogP contribution in [0.2, 0.25) is 0 Å². The van der Waals surface area contributed by atoms with Crippen molar-refractivity contribution in [1.29, 1.82) is 0 Å². The normalized spacial score (nSPS) is 17.3. The lowest BCUT2D eigenvalue weighted by Crippen LogP contribution is -2.35. The van der Waals surface area contributed by atoms with Crippen LogP contribution >= 0.6 is 0 Å². The van der Waals surface area contributed by atoms with Gasteiger partial charge >= 0.3 is 5.97 Å². The molecule has 1 aromatic rings. The van der Waals surface area contributed by atoms with Gasteiger partial charge in [0.05, 0.1) is 5.56 Å². The standard InChI is InChI=1S/C17H23NO3/c1-11-9-13(10-14(12(11)2)15(19)20)18-16(21)17(3)7-5-4-6-8-17/h9-10H,4-8H2,1-3H3,(H,18,21)(H,19,20). The van der Waals surface area contributed by atoms with Crippen LogP contribution in [0.15, 0.2) is 12.1 Å². The molecule has 0 heterocycles. The Morgan fingerprint density at radius 2 is 1.76 bits per heavy atom. The fourth-order valence-corrected chi connectivity index (χ4v) is 2.99. The first-order valence-electron chi connectivity index (χ1n) is 7.49. The van der Waals surface area contributed by atoms with Crippen LogP contribution < -0.4 is 5.32 Å². The van der Waals surface area contributed by atoms with Gasteiger partial charge in [-0.1, -0.05) is 26.2 Å². The lowest BCUT2D eigenvalue weighted by Gasteiger charge is -2.32. The number of hydrogen-bond acceptors (Lipinski definition) is 2. The summed E-state index contributed by atoms with van der Waals surface area (Å²) in [5.41, 5.74) is 2.11. The molecule has 1 fully saturated rings. The van der Waals surface area contributed by atoms with Gasteiger partial charge < -0.3 is 10.4 Å². The maximum Gasteiger partial charge on any atom is 0.336 e. The Bertz CT molecular complexity index is 572. The van der Waals surface area contributed by atoms with Crippen LogP contribution in [0, 0.1) is 19.3 Å². The first-order valence-corrected chi connectivity index (χ1v) is 7.49. The van der Waals surface area contributed by atoms with E-state index in [9.17, 15) is 14.7 Å². The van der Waals surface area contributed by atoms with E-state index in [2.05, 4.69) is 5.32 Å². The van der Waals surface area contributed by atoms with Crippen molar-refractivity contribution in [2.75, 3.05) is 5.32 Å². The molecule has 2 rings (SSSR count). The van der Waals surface area contributed by atoms with E-state index >= 15 is 0 Å². The molecule has 2 N–H and O–H groups in total. The second-order valence-corrected chi connectivity index (χ2v) is 6.35. The first-order chi connectivity index (χ1) is 9.83. The molecule has 21 heavy (non-hydrogen) atoms. The third-order valence-corrected chi connectivity index (χ3v) is 4.66. The number of carbonyl (C=O) groups excluding carboxylic acids is 1. The summed E-state index contributed by atoms with van der Waals surface area (Å²) >= 11 is 0. The Kier molecular flexibility index (Phi) is 4.35. The topological polar surface area (TPSA) is 66.4 Å². The molecule has 0 aromatic heterocycles. The van der Waals surface area contributed by atoms with Crippen molar-refractivity contribution in [3.05, 3.63) is 28.8 Å². The van der Waals surface area contributed by atoms with Gasteiger partial charge in [0.25, 0.3) is 0 Å². The number of amides is 1. The number of carboxylic acids is 1. The molecule has 0 unspecified atom stereocenters. The van der Waals surface area contributed by atoms with E-state index in [0.29, 0.717) is 5.69 Å². The van der Waals surface area contributed by atoms with Gasteiger partial charge in [0.1, 0.15) is 0 Å². The predicted octanol–water partition coefficient (Wildman–Crippen LogP) is 3.91. The first kappa shape index (κ1) is 15.5. The number of aryl methyl sites for hydroxylation is 1. The zero-order chi connectivity index (χ0) is 15.6. The summed E-state index contributed by atoms with van der Waals surface area (Å²) in [5, 5.41) is 12.1. The number of rotatable bonds is 3. The van der Waals surface area contributed by atoms with Crippen molar-refractivity contribution >= 4 is 17.6 Å². The highest BCUT2D eigenvalue weighted by Crippen LogP contribution is 2.37. The summed E-state index contributed by atoms with van der Waals surface area (Å²) < 4.78 is 0. The highest BCUT2D eigenvalue weighted by molar-refractivity contribution is 5.97. The van der Waals surface area contributed by atoms with E-state index in [1.165, 1.54) is 6.42 Å². The molecule has 0 bridgehead atoms. The summed E-state index contributed by atoms with van der Waals surface area (Å²) in [6.07, 6.45) is 5.15. The second-order valence-electron chi connectivity index (χ2n) is 6.35. The quantitative estimate of drug-likeness (QED) is 0.886. The average molecular weight is 289 g/mol. The van der Waals surface area contributed by atoms with Gasteiger partial charge in [-0.2, -0.15) is 0 Å². The molecule has 1 aliphatic carbocycles. The van der Waals surface area contributed by atoms with Gasteiger partial charge in [-0.3, -0.25) is 4.79 Å². The molecule has 1 saturated carbocycles. The number of anilines is 1. The average Bonchev–Trinajstić information content (AvgIpc) is 2.43. The molecule has 114 valence electrons. The number of aromatic carboxylic acids is 1. The monoisotopic (exact) mass is 289 g/mol. The Morgan fingerprint density at radius 1 is 1.14 bits per heavy atom. The zero-order valence-corrected chi connectivity index (χ0v) is 13.0. The van der Waals surface area contributed by atoms with Crippen molar-refractivity contribution in [2.45, 2.75) is 52.9 Å². The van der Waals surface area contributed by atoms with Crippen molar-refractivity contribution in [3.63, 3.8) is 0 Å². The Morgan fingerprint density at radius 3 is 2.33 bits per heavy atom. The van der Waals surface area contributed by atoms with E-state index < -0.39 is 5.97 Å². The van der Waals surface area contributed by atoms with Gasteiger partial charge in [-0.05, 0) is 49.9 Å². The van der Waals surface area contributed by atoms with Crippen LogP contribution in [0.5, 0.6) is 0 Å². The van der Waals surface area contributed by atoms with E-state index in [1.807, 2.05) is 19.9 Å². The van der Waals surface area contributed by atoms with Gasteiger partial charge in [-0.15, -0.1) is 0 Å². The Balaban J connectivity index is 2.23. The Hall–Kier alpha value is -1.84. The van der Waals surface area contributed by atoms with E-state index in [4.69, 9.17) is 0 Å². The minimum absolute atomic E-state index is 0.00166. The van der Waals surface area contributed by atoms with E-state index in [-0.39, 0.29) is 16.9 Å². The summed E-state index contributed by atoms with van der Waals surface area (Å²) in [6.45, 7) is 5.65. The SMILES string of the molecule is Cc1cc(NC(=O)C2(C)CCCCC2)cc(C(=O)O)c1C. The summed E-state index contributed by atoms with van der Waals surface area (Å²) in [7, 11) is 0. The van der Waals surface area contributed by atoms with E-state index in [1.54, 1.807) is 13.0 Å². The third kappa shape index (κ3) is 3.26. The maximum absolute atomic E-state index is 12.5. The van der Waals surface area contributed by atoms with Crippen molar-refractivity contribution in [1.82, 2.24) is 0 Å². The number of benzene rings is 1. The number of nitrogens with one attached hydrogen (secondary N) is 1. The van der Waals surface area contributed by atoms with Crippen molar-refractivity contribution in [2.24, 2.45) is 5.41 Å². The van der Waals surface area contributed by atoms with Gasteiger partial charge in [-0.25, -0.2) is 4.79 Å². The molecule has 0 aliphatic heterocycles. The molecule has 0 radical (unpaired) electrons. The maximum atomic E-state index is 12.5. The van der Waals surface area contributed by atoms with Crippen molar-refractivity contribution < 1.29 is 14.7 Å². The fourth-order valence-electron chi connectivity index (χ4n) is 2.99. The summed E-state index contributed by atoms with van der Waals surface area (Å²) in [4.78, 5) is 23.8. The van der Waals surface area contributed by atoms with Crippen molar-refractivity contribution in [3.8, 4) is 0 Å².